The molecule has 156 valence electrons. The number of rotatable bonds is 3. The fourth-order valence-electron chi connectivity index (χ4n) is 4.34. The lowest BCUT2D eigenvalue weighted by Gasteiger charge is -2.28. The molecule has 1 atom stereocenters. The number of nitrogens with one attached hydrogen (secondary N) is 1. The number of aliphatic hydroxyl groups is 1. The van der Waals surface area contributed by atoms with Crippen molar-refractivity contribution in [2.45, 2.75) is 45.1 Å². The van der Waals surface area contributed by atoms with Crippen molar-refractivity contribution >= 4 is 0 Å². The minimum absolute atomic E-state index is 0.277. The number of aromatic nitrogens is 2. The first-order chi connectivity index (χ1) is 14.2. The van der Waals surface area contributed by atoms with Gasteiger partial charge in [-0.05, 0) is 47.1 Å². The molecule has 1 heterocycles. The van der Waals surface area contributed by atoms with Gasteiger partial charge in [-0.1, -0.05) is 39.0 Å². The molecule has 1 aliphatic rings. The molecule has 0 bridgehead atoms. The number of aromatic amines is 1. The van der Waals surface area contributed by atoms with Crippen LogP contribution in [-0.2, 0) is 11.8 Å². The zero-order chi connectivity index (χ0) is 21.6. The summed E-state index contributed by atoms with van der Waals surface area (Å²) >= 11 is 0. The Kier molecular flexibility index (Phi) is 4.90. The number of methoxy groups -OCH3 is 1. The molecule has 0 saturated heterocycles. The van der Waals surface area contributed by atoms with Crippen LogP contribution < -0.4 is 16.0 Å². The Hall–Kier alpha value is -3.12. The average Bonchev–Trinajstić information content (AvgIpc) is 3.06. The highest BCUT2D eigenvalue weighted by atomic mass is 16.5. The van der Waals surface area contributed by atoms with Gasteiger partial charge in [0.1, 0.15) is 5.75 Å². The number of aliphatic hydroxyl groups excluding tert-OH is 1. The van der Waals surface area contributed by atoms with Gasteiger partial charge in [-0.3, -0.25) is 14.3 Å². The summed E-state index contributed by atoms with van der Waals surface area (Å²) in [5.74, 6) is 0.735. The first-order valence-corrected chi connectivity index (χ1v) is 10.1. The minimum atomic E-state index is -0.495. The zero-order valence-electron chi connectivity index (χ0n) is 17.7. The Bertz CT molecular complexity index is 1230. The second-order valence-electron chi connectivity index (χ2n) is 8.74. The maximum Gasteiger partial charge on any atom is 0.332 e. The molecule has 0 fully saturated rings. The topological polar surface area (TPSA) is 84.3 Å². The van der Waals surface area contributed by atoms with E-state index in [2.05, 4.69) is 31.8 Å². The van der Waals surface area contributed by atoms with Gasteiger partial charge in [0.05, 0.1) is 18.9 Å². The van der Waals surface area contributed by atoms with Crippen molar-refractivity contribution in [3.63, 3.8) is 0 Å². The Morgan fingerprint density at radius 1 is 1.13 bits per heavy atom. The summed E-state index contributed by atoms with van der Waals surface area (Å²) in [7, 11) is 1.64. The van der Waals surface area contributed by atoms with Crippen LogP contribution in [0.15, 0.2) is 52.2 Å². The summed E-state index contributed by atoms with van der Waals surface area (Å²) in [6.07, 6.45) is 2.60. The van der Waals surface area contributed by atoms with E-state index in [0.29, 0.717) is 5.69 Å². The number of ether oxygens (including phenoxy) is 1. The molecule has 0 amide bonds. The van der Waals surface area contributed by atoms with Crippen LogP contribution in [0.25, 0.3) is 16.8 Å². The van der Waals surface area contributed by atoms with E-state index >= 15 is 0 Å². The molecule has 6 nitrogen and oxygen atoms in total. The normalized spacial score (nSPS) is 15.8. The SMILES string of the molecule is COc1ccc(-n2ccc(=O)[nH]c2=O)c(-c2ccc3c(c2)CCC3O)c1C(C)(C)C. The van der Waals surface area contributed by atoms with Crippen molar-refractivity contribution < 1.29 is 9.84 Å². The van der Waals surface area contributed by atoms with Gasteiger partial charge >= 0.3 is 5.69 Å². The van der Waals surface area contributed by atoms with E-state index in [-0.39, 0.29) is 5.41 Å². The molecule has 3 aromatic rings. The zero-order valence-corrected chi connectivity index (χ0v) is 17.7. The second-order valence-corrected chi connectivity index (χ2v) is 8.74. The van der Waals surface area contributed by atoms with Crippen molar-refractivity contribution in [2.24, 2.45) is 0 Å². The standard InChI is InChI=1S/C24H26N2O4/c1-24(2,3)22-19(30-4)10-8-17(26-12-11-20(28)25-23(26)29)21(22)15-5-7-16-14(13-15)6-9-18(16)27/h5,7-8,10-13,18,27H,6,9H2,1-4H3,(H,25,28,29). The van der Waals surface area contributed by atoms with E-state index < -0.39 is 17.4 Å². The Morgan fingerprint density at radius 2 is 1.90 bits per heavy atom. The van der Waals surface area contributed by atoms with Gasteiger partial charge in [-0.25, -0.2) is 4.79 Å². The number of hydrogen-bond acceptors (Lipinski definition) is 4. The molecule has 6 heteroatoms. The van der Waals surface area contributed by atoms with Gasteiger partial charge in [-0.15, -0.1) is 0 Å². The molecular formula is C24H26N2O4. The lowest BCUT2D eigenvalue weighted by molar-refractivity contribution is 0.180. The molecule has 30 heavy (non-hydrogen) atoms. The Morgan fingerprint density at radius 3 is 2.57 bits per heavy atom. The maximum atomic E-state index is 12.6. The lowest BCUT2D eigenvalue weighted by Crippen LogP contribution is -2.28. The van der Waals surface area contributed by atoms with E-state index in [1.54, 1.807) is 7.11 Å². The van der Waals surface area contributed by atoms with E-state index in [0.717, 1.165) is 46.4 Å². The summed E-state index contributed by atoms with van der Waals surface area (Å²) in [6, 6.07) is 11.1. The molecule has 2 N–H and O–H groups in total. The largest absolute Gasteiger partial charge is 0.496 e. The average molecular weight is 406 g/mol. The van der Waals surface area contributed by atoms with Crippen LogP contribution in [0.4, 0.5) is 0 Å². The molecule has 4 rings (SSSR count). The fourth-order valence-corrected chi connectivity index (χ4v) is 4.34. The summed E-state index contributed by atoms with van der Waals surface area (Å²) in [4.78, 5) is 26.6. The molecule has 0 saturated carbocycles. The highest BCUT2D eigenvalue weighted by molar-refractivity contribution is 5.81. The first-order valence-electron chi connectivity index (χ1n) is 10.1. The lowest BCUT2D eigenvalue weighted by atomic mass is 9.80. The van der Waals surface area contributed by atoms with E-state index in [1.807, 2.05) is 24.3 Å². The third-order valence-corrected chi connectivity index (χ3v) is 5.68. The van der Waals surface area contributed by atoms with E-state index in [9.17, 15) is 14.7 Å². The number of aryl methyl sites for hydroxylation is 1. The van der Waals surface area contributed by atoms with E-state index in [4.69, 9.17) is 4.74 Å². The fraction of sp³-hybridized carbons (Fsp3) is 0.333. The van der Waals surface area contributed by atoms with Gasteiger partial charge in [0.2, 0.25) is 0 Å². The van der Waals surface area contributed by atoms with Gasteiger partial charge in [0, 0.05) is 23.4 Å². The van der Waals surface area contributed by atoms with Crippen LogP contribution in [0, 0.1) is 0 Å². The highest BCUT2D eigenvalue weighted by Crippen LogP contribution is 2.44. The number of benzene rings is 2. The smallest absolute Gasteiger partial charge is 0.332 e. The van der Waals surface area contributed by atoms with Gasteiger partial charge in [0.25, 0.3) is 5.56 Å². The third kappa shape index (κ3) is 3.37. The Balaban J connectivity index is 2.08. The van der Waals surface area contributed by atoms with Crippen molar-refractivity contribution in [2.75, 3.05) is 7.11 Å². The van der Waals surface area contributed by atoms with Crippen molar-refractivity contribution in [1.82, 2.24) is 9.55 Å². The second kappa shape index (κ2) is 7.29. The van der Waals surface area contributed by atoms with Crippen LogP contribution in [0.2, 0.25) is 0 Å². The first kappa shape index (κ1) is 20.2. The molecule has 2 aromatic carbocycles. The summed E-state index contributed by atoms with van der Waals surface area (Å²) < 4.78 is 7.15. The van der Waals surface area contributed by atoms with Crippen molar-refractivity contribution in [1.29, 1.82) is 0 Å². The molecule has 1 aromatic heterocycles. The highest BCUT2D eigenvalue weighted by Gasteiger charge is 2.28. The Labute approximate surface area is 174 Å². The predicted octanol–water partition coefficient (Wildman–Crippen LogP) is 3.48. The molecule has 0 aliphatic heterocycles. The van der Waals surface area contributed by atoms with Crippen LogP contribution >= 0.6 is 0 Å². The van der Waals surface area contributed by atoms with Gasteiger partial charge in [0.15, 0.2) is 0 Å². The molecule has 1 aliphatic carbocycles. The summed E-state index contributed by atoms with van der Waals surface area (Å²) in [6.45, 7) is 6.31. The molecular weight excluding hydrogens is 380 g/mol. The minimum Gasteiger partial charge on any atom is -0.496 e. The van der Waals surface area contributed by atoms with Gasteiger partial charge in [-0.2, -0.15) is 0 Å². The molecule has 0 spiro atoms. The molecule has 1 unspecified atom stereocenters. The maximum absolute atomic E-state index is 12.6. The summed E-state index contributed by atoms with van der Waals surface area (Å²) in [5.41, 5.74) is 4.32. The van der Waals surface area contributed by atoms with Crippen LogP contribution in [0.3, 0.4) is 0 Å². The van der Waals surface area contributed by atoms with Gasteiger partial charge < -0.3 is 9.84 Å². The van der Waals surface area contributed by atoms with Crippen molar-refractivity contribution in [3.05, 3.63) is 80.1 Å². The van der Waals surface area contributed by atoms with Crippen LogP contribution in [0.5, 0.6) is 5.75 Å². The number of hydrogen-bond donors (Lipinski definition) is 2. The quantitative estimate of drug-likeness (QED) is 0.698. The summed E-state index contributed by atoms with van der Waals surface area (Å²) in [5, 5.41) is 10.2. The number of fused-ring (bicyclic) bond motifs is 1. The number of nitrogens with zero attached hydrogens (tertiary/aromatic N) is 1. The predicted molar refractivity (Wildman–Crippen MR) is 117 cm³/mol. The van der Waals surface area contributed by atoms with Crippen molar-refractivity contribution in [3.8, 4) is 22.6 Å². The molecule has 0 radical (unpaired) electrons. The monoisotopic (exact) mass is 406 g/mol. The third-order valence-electron chi connectivity index (χ3n) is 5.68. The van der Waals surface area contributed by atoms with Crippen LogP contribution in [-0.4, -0.2) is 21.8 Å². The number of H-pyrrole nitrogens is 1. The van der Waals surface area contributed by atoms with Crippen LogP contribution in [0.1, 0.15) is 50.0 Å². The van der Waals surface area contributed by atoms with E-state index in [1.165, 1.54) is 16.8 Å².